The van der Waals surface area contributed by atoms with Crippen LogP contribution in [0, 0.1) is 0 Å². The van der Waals surface area contributed by atoms with E-state index in [1.807, 2.05) is 0 Å². The quantitative estimate of drug-likeness (QED) is 0.0524. The maximum atomic E-state index is 12.9. The maximum Gasteiger partial charge on any atom is 0.475 e. The number of hydrogen-bond acceptors (Lipinski definition) is 15. The van der Waals surface area contributed by atoms with Gasteiger partial charge in [-0.25, -0.2) is 0 Å². The number of carbonyl (C=O) groups is 6. The van der Waals surface area contributed by atoms with E-state index in [2.05, 4.69) is 16.0 Å². The first-order valence-corrected chi connectivity index (χ1v) is 16.4. The predicted molar refractivity (Wildman–Crippen MR) is 174 cm³/mol. The molecule has 0 aliphatic carbocycles. The van der Waals surface area contributed by atoms with Crippen molar-refractivity contribution in [3.05, 3.63) is 0 Å². The van der Waals surface area contributed by atoms with Crippen LogP contribution in [-0.4, -0.2) is 225 Å². The van der Waals surface area contributed by atoms with Gasteiger partial charge in [0.1, 0.15) is 12.1 Å². The molecule has 2 heterocycles. The minimum absolute atomic E-state index is 0.136. The first-order chi connectivity index (χ1) is 23.6. The van der Waals surface area contributed by atoms with Crippen LogP contribution in [0.15, 0.2) is 0 Å². The molecule has 0 unspecified atom stereocenters. The van der Waals surface area contributed by atoms with Gasteiger partial charge in [0.25, 0.3) is 0 Å². The largest absolute Gasteiger partial charge is 0.480 e. The van der Waals surface area contributed by atoms with Crippen molar-refractivity contribution in [2.45, 2.75) is 44.1 Å². The molecule has 3 atom stereocenters. The van der Waals surface area contributed by atoms with E-state index in [1.54, 1.807) is 19.6 Å². The summed E-state index contributed by atoms with van der Waals surface area (Å²) in [4.78, 5) is 81.6. The summed E-state index contributed by atoms with van der Waals surface area (Å²) in [6.45, 7) is 1.18. The molecule has 0 aromatic carbocycles. The van der Waals surface area contributed by atoms with Gasteiger partial charge in [-0.15, -0.1) is 0 Å². The first kappa shape index (κ1) is 42.7. The highest BCUT2D eigenvalue weighted by atomic mass is 16.5. The molecule has 0 saturated carbocycles. The summed E-state index contributed by atoms with van der Waals surface area (Å²) < 4.78 is 0. The highest BCUT2D eigenvalue weighted by Gasteiger charge is 2.39. The zero-order valence-electron chi connectivity index (χ0n) is 28.2. The molecule has 10 N–H and O–H groups in total. The highest BCUT2D eigenvalue weighted by Crippen LogP contribution is 2.19. The zero-order chi connectivity index (χ0) is 37.4. The van der Waals surface area contributed by atoms with Crippen LogP contribution in [0.25, 0.3) is 0 Å². The number of hydrogen-bond donors (Lipinski definition) is 10. The second-order valence-electron chi connectivity index (χ2n) is 12.4. The third-order valence-corrected chi connectivity index (χ3v) is 8.37. The van der Waals surface area contributed by atoms with E-state index < -0.39 is 80.2 Å². The van der Waals surface area contributed by atoms with Gasteiger partial charge >= 0.3 is 19.1 Å². The Morgan fingerprint density at radius 1 is 0.740 bits per heavy atom. The summed E-state index contributed by atoms with van der Waals surface area (Å²) in [6.07, 6.45) is -0.728. The van der Waals surface area contributed by atoms with Gasteiger partial charge in [0.15, 0.2) is 6.29 Å². The number of aliphatic hydroxyl groups is 3. The Balaban J connectivity index is 1.96. The summed E-state index contributed by atoms with van der Waals surface area (Å²) in [7, 11) is -1.74. The molecular weight excluding hydrogens is 667 g/mol. The van der Waals surface area contributed by atoms with E-state index in [-0.39, 0.29) is 85.1 Å². The molecule has 2 aliphatic rings. The minimum atomic E-state index is -1.74. The number of rotatable bonds is 16. The second-order valence-corrected chi connectivity index (χ2v) is 12.4. The molecule has 4 amide bonds. The van der Waals surface area contributed by atoms with Gasteiger partial charge in [-0.05, 0) is 19.8 Å². The fourth-order valence-corrected chi connectivity index (χ4v) is 5.73. The smallest absolute Gasteiger partial charge is 0.475 e. The Bertz CT molecular complexity index is 1150. The van der Waals surface area contributed by atoms with E-state index in [0.29, 0.717) is 12.8 Å². The van der Waals surface area contributed by atoms with Crippen LogP contribution < -0.4 is 16.0 Å². The van der Waals surface area contributed by atoms with Gasteiger partial charge in [0.05, 0.1) is 38.7 Å². The van der Waals surface area contributed by atoms with Crippen LogP contribution in [-0.2, 0) is 28.8 Å². The van der Waals surface area contributed by atoms with Crippen molar-refractivity contribution in [1.82, 2.24) is 40.4 Å². The lowest BCUT2D eigenvalue weighted by Gasteiger charge is -2.33. The predicted octanol–water partition coefficient (Wildman–Crippen LogP) is -7.21. The third kappa shape index (κ3) is 15.6. The normalized spacial score (nSPS) is 20.3. The molecule has 22 heteroatoms. The third-order valence-electron chi connectivity index (χ3n) is 8.37. The molecule has 50 heavy (non-hydrogen) atoms. The Labute approximate surface area is 289 Å². The summed E-state index contributed by atoms with van der Waals surface area (Å²) in [6, 6.07) is -2.55. The molecule has 0 radical (unpaired) electrons. The lowest BCUT2D eigenvalue weighted by Crippen LogP contribution is -2.57. The van der Waals surface area contributed by atoms with E-state index in [0.717, 1.165) is 0 Å². The van der Waals surface area contributed by atoms with Crippen LogP contribution >= 0.6 is 0 Å². The van der Waals surface area contributed by atoms with Gasteiger partial charge < -0.3 is 56.4 Å². The van der Waals surface area contributed by atoms with E-state index in [9.17, 15) is 64.3 Å². The zero-order valence-corrected chi connectivity index (χ0v) is 28.2. The van der Waals surface area contributed by atoms with Crippen molar-refractivity contribution in [1.29, 1.82) is 0 Å². The Hall–Kier alpha value is -3.48. The number of aliphatic hydroxyl groups excluding tert-OH is 2. The summed E-state index contributed by atoms with van der Waals surface area (Å²) in [5, 5.41) is 73.7. The summed E-state index contributed by atoms with van der Waals surface area (Å²) in [5.41, 5.74) is 0. The lowest BCUT2D eigenvalue weighted by molar-refractivity contribution is -0.140. The molecule has 284 valence electrons. The van der Waals surface area contributed by atoms with Gasteiger partial charge in [-0.2, -0.15) is 0 Å². The average molecular weight is 719 g/mol. The van der Waals surface area contributed by atoms with Crippen molar-refractivity contribution in [3.63, 3.8) is 0 Å². The van der Waals surface area contributed by atoms with Gasteiger partial charge in [0, 0.05) is 65.4 Å². The second kappa shape index (κ2) is 21.7. The van der Waals surface area contributed by atoms with Gasteiger partial charge in [-0.1, -0.05) is 0 Å². The van der Waals surface area contributed by atoms with Crippen LogP contribution in [0.1, 0.15) is 19.8 Å². The van der Waals surface area contributed by atoms with E-state index >= 15 is 0 Å². The monoisotopic (exact) mass is 718 g/mol. The Morgan fingerprint density at radius 2 is 1.24 bits per heavy atom. The van der Waals surface area contributed by atoms with Crippen LogP contribution in [0.2, 0.25) is 0 Å². The van der Waals surface area contributed by atoms with E-state index in [4.69, 9.17) is 0 Å². The molecule has 0 spiro atoms. The van der Waals surface area contributed by atoms with Crippen LogP contribution in [0.3, 0.4) is 0 Å². The SMILES string of the molecule is C[C@@H](NC(=O)[C@H](CO)NC(=O)CNC(=O)CN1CCN(CC(=O)O)CCN(CC(=O)O)CCN(CC(O)O)CC1)C(=O)N1CCC[C@H]1B(O)O. The van der Waals surface area contributed by atoms with Crippen molar-refractivity contribution < 1.29 is 64.3 Å². The molecule has 21 nitrogen and oxygen atoms in total. The number of nitrogens with zero attached hydrogens (tertiary/aromatic N) is 5. The summed E-state index contributed by atoms with van der Waals surface area (Å²) in [5.74, 6) is -5.80. The van der Waals surface area contributed by atoms with Gasteiger partial charge in [-0.3, -0.25) is 48.4 Å². The summed E-state index contributed by atoms with van der Waals surface area (Å²) >= 11 is 0. The minimum Gasteiger partial charge on any atom is -0.480 e. The fraction of sp³-hybridized carbons (Fsp3) is 0.786. The number of carboxylic acids is 2. The van der Waals surface area contributed by atoms with Gasteiger partial charge in [0.2, 0.25) is 23.6 Å². The number of likely N-dealkylation sites (tertiary alicyclic amines) is 1. The molecule has 2 rings (SSSR count). The lowest BCUT2D eigenvalue weighted by atomic mass is 9.78. The molecule has 2 aliphatic heterocycles. The number of nitrogens with one attached hydrogen (secondary N) is 3. The van der Waals surface area contributed by atoms with E-state index in [1.165, 1.54) is 11.8 Å². The fourth-order valence-electron chi connectivity index (χ4n) is 5.73. The standard InChI is InChI=1S/C28H51BN8O13/c1-19(28(48)37-4-2-3-21(37)29(49)50)31-27(47)20(18-38)32-22(39)13-30-23(40)14-33-5-7-34(15-24(41)42)9-11-36(17-26(45)46)12-10-35(8-6-33)16-25(43)44/h19-21,24,38,41-42,49-50H,2-18H2,1H3,(H,30,40)(H,31,47)(H,32,39)(H,43,44)(H,45,46)/t19-,20+,21+/m1/s1. The molecular formula is C28H51BN8O13. The average Bonchev–Trinajstić information content (AvgIpc) is 3.53. The first-order valence-electron chi connectivity index (χ1n) is 16.4. The molecule has 2 saturated heterocycles. The number of carbonyl (C=O) groups excluding carboxylic acids is 4. The number of carboxylic acid groups (broad SMARTS) is 2. The highest BCUT2D eigenvalue weighted by molar-refractivity contribution is 6.43. The van der Waals surface area contributed by atoms with Crippen molar-refractivity contribution in [2.75, 3.05) is 98.2 Å². The molecule has 0 aromatic rings. The topological polar surface area (TPSA) is 296 Å². The van der Waals surface area contributed by atoms with Crippen LogP contribution in [0.5, 0.6) is 0 Å². The Morgan fingerprint density at radius 3 is 1.70 bits per heavy atom. The molecule has 0 aromatic heterocycles. The maximum absolute atomic E-state index is 12.9. The molecule has 2 fully saturated rings. The van der Waals surface area contributed by atoms with Crippen molar-refractivity contribution in [3.8, 4) is 0 Å². The number of amides is 4. The number of β-amino-alcohol motifs (C(OH)–C–C–N with tert-alkyl or cyclic N) is 2. The molecule has 0 bridgehead atoms. The Kier molecular flexibility index (Phi) is 18.5. The van der Waals surface area contributed by atoms with Crippen molar-refractivity contribution in [2.24, 2.45) is 0 Å². The number of aliphatic carboxylic acids is 2. The van der Waals surface area contributed by atoms with Crippen LogP contribution in [0.4, 0.5) is 0 Å². The van der Waals surface area contributed by atoms with Crippen molar-refractivity contribution >= 4 is 42.7 Å².